The minimum Gasteiger partial charge on any atom is -0.487 e. The number of amides is 1. The van der Waals surface area contributed by atoms with Crippen molar-refractivity contribution in [3.8, 4) is 5.75 Å². The summed E-state index contributed by atoms with van der Waals surface area (Å²) in [5, 5.41) is 6.44. The third-order valence-corrected chi connectivity index (χ3v) is 4.55. The van der Waals surface area contributed by atoms with E-state index in [1.807, 2.05) is 30.3 Å². The van der Waals surface area contributed by atoms with E-state index >= 15 is 0 Å². The highest BCUT2D eigenvalue weighted by atomic mass is 35.5. The number of ether oxygens (including phenoxy) is 1. The van der Waals surface area contributed by atoms with Crippen LogP contribution in [-0.2, 0) is 6.61 Å². The fourth-order valence-corrected chi connectivity index (χ4v) is 2.96. The molecule has 0 fully saturated rings. The SMILES string of the molecule is O=C(Nc1cccc(COc2ccccc2Cl)c1)c1ccnc(Nc2ccncc2)n1. The Balaban J connectivity index is 1.41. The van der Waals surface area contributed by atoms with Gasteiger partial charge in [-0.25, -0.2) is 9.97 Å². The van der Waals surface area contributed by atoms with E-state index in [4.69, 9.17) is 16.3 Å². The quantitative estimate of drug-likeness (QED) is 0.423. The van der Waals surface area contributed by atoms with Crippen LogP contribution in [0.2, 0.25) is 5.02 Å². The van der Waals surface area contributed by atoms with E-state index in [9.17, 15) is 4.79 Å². The van der Waals surface area contributed by atoms with Crippen molar-refractivity contribution in [1.82, 2.24) is 15.0 Å². The standard InChI is InChI=1S/C23H18ClN5O2/c24-19-6-1-2-7-21(19)31-15-16-4-3-5-18(14-16)27-22(30)20-10-13-26-23(29-20)28-17-8-11-25-12-9-17/h1-14H,15H2,(H,27,30)(H,25,26,28,29). The molecule has 2 aromatic heterocycles. The second-order valence-corrected chi connectivity index (χ2v) is 6.91. The lowest BCUT2D eigenvalue weighted by molar-refractivity contribution is 0.102. The molecule has 7 nitrogen and oxygen atoms in total. The van der Waals surface area contributed by atoms with Gasteiger partial charge in [-0.2, -0.15) is 0 Å². The van der Waals surface area contributed by atoms with Gasteiger partial charge in [-0.3, -0.25) is 9.78 Å². The van der Waals surface area contributed by atoms with Crippen LogP contribution in [0.1, 0.15) is 16.1 Å². The Labute approximate surface area is 184 Å². The number of pyridine rings is 1. The van der Waals surface area contributed by atoms with Gasteiger partial charge in [0, 0.05) is 30.0 Å². The lowest BCUT2D eigenvalue weighted by Gasteiger charge is -2.10. The number of nitrogens with zero attached hydrogens (tertiary/aromatic N) is 3. The smallest absolute Gasteiger partial charge is 0.274 e. The zero-order valence-corrected chi connectivity index (χ0v) is 17.1. The van der Waals surface area contributed by atoms with Gasteiger partial charge in [-0.15, -0.1) is 0 Å². The van der Waals surface area contributed by atoms with E-state index in [1.54, 1.807) is 48.8 Å². The predicted octanol–water partition coefficient (Wildman–Crippen LogP) is 5.10. The van der Waals surface area contributed by atoms with E-state index < -0.39 is 0 Å². The molecule has 31 heavy (non-hydrogen) atoms. The molecule has 0 saturated carbocycles. The Morgan fingerprint density at radius 2 is 1.77 bits per heavy atom. The van der Waals surface area contributed by atoms with Gasteiger partial charge in [0.15, 0.2) is 0 Å². The molecule has 0 atom stereocenters. The summed E-state index contributed by atoms with van der Waals surface area (Å²) >= 11 is 6.12. The fraction of sp³-hybridized carbons (Fsp3) is 0.0435. The number of para-hydroxylation sites is 1. The van der Waals surface area contributed by atoms with Crippen LogP contribution < -0.4 is 15.4 Å². The first-order valence-electron chi connectivity index (χ1n) is 9.45. The van der Waals surface area contributed by atoms with Crippen molar-refractivity contribution >= 4 is 34.8 Å². The van der Waals surface area contributed by atoms with Crippen LogP contribution in [0.15, 0.2) is 85.3 Å². The molecular formula is C23H18ClN5O2. The average Bonchev–Trinajstić information content (AvgIpc) is 2.80. The zero-order valence-electron chi connectivity index (χ0n) is 16.3. The number of aromatic nitrogens is 3. The maximum Gasteiger partial charge on any atom is 0.274 e. The van der Waals surface area contributed by atoms with Gasteiger partial charge in [-0.05, 0) is 48.0 Å². The number of halogens is 1. The Hall–Kier alpha value is -3.97. The maximum atomic E-state index is 12.7. The average molecular weight is 432 g/mol. The molecule has 4 aromatic rings. The lowest BCUT2D eigenvalue weighted by Crippen LogP contribution is -2.15. The number of nitrogens with one attached hydrogen (secondary N) is 2. The Morgan fingerprint density at radius 3 is 2.61 bits per heavy atom. The van der Waals surface area contributed by atoms with Gasteiger partial charge in [0.1, 0.15) is 18.1 Å². The summed E-state index contributed by atoms with van der Waals surface area (Å²) in [4.78, 5) is 25.1. The normalized spacial score (nSPS) is 10.4. The number of hydrogen-bond donors (Lipinski definition) is 2. The van der Waals surface area contributed by atoms with Gasteiger partial charge >= 0.3 is 0 Å². The summed E-state index contributed by atoms with van der Waals surface area (Å²) in [6.45, 7) is 0.320. The van der Waals surface area contributed by atoms with E-state index in [0.717, 1.165) is 11.3 Å². The zero-order chi connectivity index (χ0) is 21.5. The summed E-state index contributed by atoms with van der Waals surface area (Å²) in [6, 6.07) is 19.8. The molecule has 0 saturated heterocycles. The second-order valence-electron chi connectivity index (χ2n) is 6.50. The van der Waals surface area contributed by atoms with Gasteiger partial charge in [0.2, 0.25) is 5.95 Å². The first-order valence-corrected chi connectivity index (χ1v) is 9.83. The molecule has 154 valence electrons. The van der Waals surface area contributed by atoms with E-state index in [1.165, 1.54) is 6.20 Å². The molecular weight excluding hydrogens is 414 g/mol. The van der Waals surface area contributed by atoms with Crippen LogP contribution >= 0.6 is 11.6 Å². The molecule has 0 aliphatic heterocycles. The second kappa shape index (κ2) is 9.69. The van der Waals surface area contributed by atoms with E-state index in [-0.39, 0.29) is 11.6 Å². The van der Waals surface area contributed by atoms with Crippen molar-refractivity contribution in [2.75, 3.05) is 10.6 Å². The highest BCUT2D eigenvalue weighted by Gasteiger charge is 2.10. The van der Waals surface area contributed by atoms with Crippen LogP contribution in [-0.4, -0.2) is 20.9 Å². The number of hydrogen-bond acceptors (Lipinski definition) is 6. The van der Waals surface area contributed by atoms with E-state index in [2.05, 4.69) is 25.6 Å². The van der Waals surface area contributed by atoms with Crippen LogP contribution in [0, 0.1) is 0 Å². The summed E-state index contributed by atoms with van der Waals surface area (Å²) in [5.41, 5.74) is 2.54. The number of rotatable bonds is 7. The maximum absolute atomic E-state index is 12.7. The van der Waals surface area contributed by atoms with Crippen LogP contribution in [0.25, 0.3) is 0 Å². The molecule has 2 heterocycles. The molecule has 2 N–H and O–H groups in total. The summed E-state index contributed by atoms with van der Waals surface area (Å²) in [5.74, 6) is 0.582. The monoisotopic (exact) mass is 431 g/mol. The molecule has 0 aliphatic carbocycles. The summed E-state index contributed by atoms with van der Waals surface area (Å²) in [7, 11) is 0. The van der Waals surface area contributed by atoms with Crippen molar-refractivity contribution in [2.24, 2.45) is 0 Å². The van der Waals surface area contributed by atoms with E-state index in [0.29, 0.717) is 29.0 Å². The Bertz CT molecular complexity index is 1190. The largest absolute Gasteiger partial charge is 0.487 e. The molecule has 0 unspecified atom stereocenters. The first kappa shape index (κ1) is 20.3. The van der Waals surface area contributed by atoms with Crippen molar-refractivity contribution in [2.45, 2.75) is 6.61 Å². The number of carbonyl (C=O) groups is 1. The molecule has 4 rings (SSSR count). The third kappa shape index (κ3) is 5.55. The van der Waals surface area contributed by atoms with Crippen molar-refractivity contribution in [1.29, 1.82) is 0 Å². The van der Waals surface area contributed by atoms with Crippen molar-refractivity contribution in [3.05, 3.63) is 102 Å². The topological polar surface area (TPSA) is 89.0 Å². The molecule has 0 bridgehead atoms. The van der Waals surface area contributed by atoms with Crippen molar-refractivity contribution < 1.29 is 9.53 Å². The van der Waals surface area contributed by atoms with Gasteiger partial charge in [-0.1, -0.05) is 35.9 Å². The van der Waals surface area contributed by atoms with Gasteiger partial charge < -0.3 is 15.4 Å². The number of carbonyl (C=O) groups excluding carboxylic acids is 1. The number of anilines is 3. The molecule has 8 heteroatoms. The Kier molecular flexibility index (Phi) is 6.35. The molecule has 0 spiro atoms. The first-order chi connectivity index (χ1) is 15.2. The van der Waals surface area contributed by atoms with Crippen molar-refractivity contribution in [3.63, 3.8) is 0 Å². The molecule has 2 aromatic carbocycles. The summed E-state index contributed by atoms with van der Waals surface area (Å²) < 4.78 is 5.76. The minimum atomic E-state index is -0.343. The fourth-order valence-electron chi connectivity index (χ4n) is 2.77. The molecule has 0 aliphatic rings. The van der Waals surface area contributed by atoms with Crippen LogP contribution in [0.5, 0.6) is 5.75 Å². The highest BCUT2D eigenvalue weighted by molar-refractivity contribution is 6.32. The Morgan fingerprint density at radius 1 is 0.935 bits per heavy atom. The highest BCUT2D eigenvalue weighted by Crippen LogP contribution is 2.24. The van der Waals surface area contributed by atoms with Crippen LogP contribution in [0.4, 0.5) is 17.3 Å². The third-order valence-electron chi connectivity index (χ3n) is 4.24. The van der Waals surface area contributed by atoms with Gasteiger partial charge in [0.05, 0.1) is 5.02 Å². The minimum absolute atomic E-state index is 0.240. The lowest BCUT2D eigenvalue weighted by atomic mass is 10.2. The van der Waals surface area contributed by atoms with Gasteiger partial charge in [0.25, 0.3) is 5.91 Å². The number of benzene rings is 2. The molecule has 1 amide bonds. The van der Waals surface area contributed by atoms with Crippen LogP contribution in [0.3, 0.4) is 0 Å². The summed E-state index contributed by atoms with van der Waals surface area (Å²) in [6.07, 6.45) is 4.84. The predicted molar refractivity (Wildman–Crippen MR) is 120 cm³/mol. The molecule has 0 radical (unpaired) electrons.